The maximum atomic E-state index is 5.58. The van der Waals surface area contributed by atoms with E-state index in [4.69, 9.17) is 10.5 Å². The molecule has 0 bridgehead atoms. The minimum absolute atomic E-state index is 0.600. The average Bonchev–Trinajstić information content (AvgIpc) is 2.77. The Morgan fingerprint density at radius 1 is 1.47 bits per heavy atom. The first-order valence-corrected chi connectivity index (χ1v) is 6.11. The molecule has 0 amide bonds. The van der Waals surface area contributed by atoms with Crippen LogP contribution in [0.15, 0.2) is 28.9 Å². The summed E-state index contributed by atoms with van der Waals surface area (Å²) in [5.41, 5.74) is 8.64. The number of ether oxygens (including phenoxy) is 1. The van der Waals surface area contributed by atoms with Gasteiger partial charge < -0.3 is 10.5 Å². The Labute approximate surface area is 108 Å². The number of aromatic nitrogens is 2. The van der Waals surface area contributed by atoms with E-state index in [1.807, 2.05) is 24.4 Å². The lowest BCUT2D eigenvalue weighted by atomic mass is 10.1. The van der Waals surface area contributed by atoms with Gasteiger partial charge in [-0.15, -0.1) is 0 Å². The molecule has 90 valence electrons. The van der Waals surface area contributed by atoms with Crippen molar-refractivity contribution in [3.05, 3.63) is 34.4 Å². The predicted molar refractivity (Wildman–Crippen MR) is 71.0 cm³/mol. The second-order valence-electron chi connectivity index (χ2n) is 3.65. The van der Waals surface area contributed by atoms with Crippen LogP contribution >= 0.6 is 15.9 Å². The van der Waals surface area contributed by atoms with Crippen LogP contribution in [0.3, 0.4) is 0 Å². The number of hydrogen-bond donors (Lipinski definition) is 2. The fraction of sp³-hybridized carbons (Fsp3) is 0.250. The molecule has 4 nitrogen and oxygen atoms in total. The zero-order valence-electron chi connectivity index (χ0n) is 9.53. The molecule has 0 radical (unpaired) electrons. The second kappa shape index (κ2) is 5.33. The van der Waals surface area contributed by atoms with E-state index in [0.717, 1.165) is 33.5 Å². The van der Waals surface area contributed by atoms with E-state index in [0.29, 0.717) is 6.54 Å². The number of halogens is 1. The van der Waals surface area contributed by atoms with Gasteiger partial charge in [-0.3, -0.25) is 5.10 Å². The van der Waals surface area contributed by atoms with Crippen LogP contribution in [0.2, 0.25) is 0 Å². The largest absolute Gasteiger partial charge is 0.496 e. The Morgan fingerprint density at radius 3 is 3.00 bits per heavy atom. The Kier molecular flexibility index (Phi) is 3.81. The summed E-state index contributed by atoms with van der Waals surface area (Å²) in [4.78, 5) is 0. The molecule has 0 saturated heterocycles. The molecular weight excluding hydrogens is 282 g/mol. The minimum Gasteiger partial charge on any atom is -0.496 e. The molecule has 0 unspecified atom stereocenters. The fourth-order valence-corrected chi connectivity index (χ4v) is 2.13. The van der Waals surface area contributed by atoms with Gasteiger partial charge in [-0.1, -0.05) is 15.9 Å². The van der Waals surface area contributed by atoms with Crippen molar-refractivity contribution < 1.29 is 4.74 Å². The summed E-state index contributed by atoms with van der Waals surface area (Å²) in [7, 11) is 1.66. The second-order valence-corrected chi connectivity index (χ2v) is 4.57. The molecule has 17 heavy (non-hydrogen) atoms. The Bertz CT molecular complexity index is 510. The number of nitrogens with two attached hydrogens (primary N) is 1. The number of aromatic amines is 1. The summed E-state index contributed by atoms with van der Waals surface area (Å²) in [6.07, 6.45) is 2.60. The summed E-state index contributed by atoms with van der Waals surface area (Å²) in [6.45, 7) is 0.600. The van der Waals surface area contributed by atoms with E-state index in [1.54, 1.807) is 7.11 Å². The van der Waals surface area contributed by atoms with Crippen LogP contribution in [-0.2, 0) is 6.42 Å². The van der Waals surface area contributed by atoms with Crippen molar-refractivity contribution in [3.8, 4) is 17.0 Å². The van der Waals surface area contributed by atoms with Crippen molar-refractivity contribution in [1.29, 1.82) is 0 Å². The predicted octanol–water partition coefficient (Wildman–Crippen LogP) is 2.35. The van der Waals surface area contributed by atoms with E-state index in [2.05, 4.69) is 26.1 Å². The molecule has 0 atom stereocenters. The quantitative estimate of drug-likeness (QED) is 0.910. The Morgan fingerprint density at radius 2 is 2.29 bits per heavy atom. The van der Waals surface area contributed by atoms with E-state index in [1.165, 1.54) is 0 Å². The van der Waals surface area contributed by atoms with E-state index in [-0.39, 0.29) is 0 Å². The van der Waals surface area contributed by atoms with Crippen LogP contribution in [0.4, 0.5) is 0 Å². The summed E-state index contributed by atoms with van der Waals surface area (Å²) in [5, 5.41) is 7.07. The van der Waals surface area contributed by atoms with Gasteiger partial charge in [-0.05, 0) is 36.7 Å². The lowest BCUT2D eigenvalue weighted by Gasteiger charge is -2.09. The highest BCUT2D eigenvalue weighted by atomic mass is 79.9. The Balaban J connectivity index is 2.51. The normalized spacial score (nSPS) is 10.5. The molecule has 0 saturated carbocycles. The van der Waals surface area contributed by atoms with E-state index < -0.39 is 0 Å². The van der Waals surface area contributed by atoms with Crippen LogP contribution < -0.4 is 10.5 Å². The van der Waals surface area contributed by atoms with E-state index >= 15 is 0 Å². The first-order chi connectivity index (χ1) is 8.26. The molecule has 5 heteroatoms. The van der Waals surface area contributed by atoms with Gasteiger partial charge in [0.25, 0.3) is 0 Å². The topological polar surface area (TPSA) is 63.9 Å². The monoisotopic (exact) mass is 295 g/mol. The molecule has 0 aliphatic carbocycles. The highest BCUT2D eigenvalue weighted by Gasteiger charge is 2.12. The molecular formula is C12H14BrN3O. The molecule has 2 rings (SSSR count). The lowest BCUT2D eigenvalue weighted by Crippen LogP contribution is -2.03. The standard InChI is InChI=1S/C12H14BrN3O/c1-17-11-3-2-9(13)6-10(11)12-8(4-5-14)7-15-16-12/h2-3,6-7H,4-5,14H2,1H3,(H,15,16). The number of hydrogen-bond acceptors (Lipinski definition) is 3. The van der Waals surface area contributed by atoms with Gasteiger partial charge in [-0.2, -0.15) is 5.10 Å². The van der Waals surface area contributed by atoms with Gasteiger partial charge in [0.2, 0.25) is 0 Å². The highest BCUT2D eigenvalue weighted by molar-refractivity contribution is 9.10. The molecule has 2 aromatic rings. The van der Waals surface area contributed by atoms with Gasteiger partial charge in [0.15, 0.2) is 0 Å². The minimum atomic E-state index is 0.600. The first kappa shape index (κ1) is 12.1. The van der Waals surface area contributed by atoms with Gasteiger partial charge in [0.05, 0.1) is 19.0 Å². The molecule has 0 spiro atoms. The fourth-order valence-electron chi connectivity index (χ4n) is 1.76. The number of rotatable bonds is 4. The van der Waals surface area contributed by atoms with Crippen molar-refractivity contribution in [1.82, 2.24) is 10.2 Å². The van der Waals surface area contributed by atoms with Gasteiger partial charge in [0, 0.05) is 10.0 Å². The van der Waals surface area contributed by atoms with Gasteiger partial charge in [0.1, 0.15) is 5.75 Å². The molecule has 0 aliphatic heterocycles. The summed E-state index contributed by atoms with van der Waals surface area (Å²) < 4.78 is 6.36. The summed E-state index contributed by atoms with van der Waals surface area (Å²) >= 11 is 3.46. The smallest absolute Gasteiger partial charge is 0.128 e. The molecule has 3 N–H and O–H groups in total. The molecule has 1 heterocycles. The number of nitrogens with zero attached hydrogens (tertiary/aromatic N) is 1. The highest BCUT2D eigenvalue weighted by Crippen LogP contribution is 2.33. The molecule has 0 fully saturated rings. The van der Waals surface area contributed by atoms with Gasteiger partial charge in [-0.25, -0.2) is 0 Å². The summed E-state index contributed by atoms with van der Waals surface area (Å²) in [6, 6.07) is 5.88. The van der Waals surface area contributed by atoms with Crippen molar-refractivity contribution in [2.24, 2.45) is 5.73 Å². The zero-order valence-corrected chi connectivity index (χ0v) is 11.1. The molecule has 0 aliphatic rings. The number of methoxy groups -OCH3 is 1. The van der Waals surface area contributed by atoms with Crippen LogP contribution in [0.25, 0.3) is 11.3 Å². The molecule has 1 aromatic heterocycles. The van der Waals surface area contributed by atoms with E-state index in [9.17, 15) is 0 Å². The zero-order chi connectivity index (χ0) is 12.3. The molecule has 1 aromatic carbocycles. The third-order valence-corrected chi connectivity index (χ3v) is 3.06. The third kappa shape index (κ3) is 2.50. The SMILES string of the molecule is COc1ccc(Br)cc1-c1[nH]ncc1CCN. The lowest BCUT2D eigenvalue weighted by molar-refractivity contribution is 0.416. The number of nitrogens with one attached hydrogen (secondary N) is 1. The number of benzene rings is 1. The summed E-state index contributed by atoms with van der Waals surface area (Å²) in [5.74, 6) is 0.815. The van der Waals surface area contributed by atoms with Crippen LogP contribution in [0.1, 0.15) is 5.56 Å². The maximum Gasteiger partial charge on any atom is 0.128 e. The van der Waals surface area contributed by atoms with Crippen LogP contribution in [0, 0.1) is 0 Å². The van der Waals surface area contributed by atoms with Crippen LogP contribution in [0.5, 0.6) is 5.75 Å². The third-order valence-electron chi connectivity index (χ3n) is 2.56. The Hall–Kier alpha value is -1.33. The first-order valence-electron chi connectivity index (χ1n) is 5.32. The maximum absolute atomic E-state index is 5.58. The van der Waals surface area contributed by atoms with Crippen molar-refractivity contribution >= 4 is 15.9 Å². The van der Waals surface area contributed by atoms with Crippen molar-refractivity contribution in [2.75, 3.05) is 13.7 Å². The van der Waals surface area contributed by atoms with Gasteiger partial charge >= 0.3 is 0 Å². The van der Waals surface area contributed by atoms with Crippen LogP contribution in [-0.4, -0.2) is 23.9 Å². The average molecular weight is 296 g/mol. The van der Waals surface area contributed by atoms with Crippen molar-refractivity contribution in [3.63, 3.8) is 0 Å². The van der Waals surface area contributed by atoms with Crippen molar-refractivity contribution in [2.45, 2.75) is 6.42 Å². The number of H-pyrrole nitrogens is 1.